The summed E-state index contributed by atoms with van der Waals surface area (Å²) in [6.45, 7) is 0. The summed E-state index contributed by atoms with van der Waals surface area (Å²) in [5, 5.41) is 5.73. The molecule has 0 radical (unpaired) electrons. The van der Waals surface area contributed by atoms with E-state index in [9.17, 15) is 9.59 Å². The Morgan fingerprint density at radius 1 is 1.14 bits per heavy atom. The van der Waals surface area contributed by atoms with Crippen LogP contribution in [0, 0.1) is 5.41 Å². The number of nitrogens with one attached hydrogen (secondary N) is 2. The van der Waals surface area contributed by atoms with Crippen molar-refractivity contribution in [3.63, 3.8) is 0 Å². The average molecular weight is 304 g/mol. The van der Waals surface area contributed by atoms with Gasteiger partial charge in [0.15, 0.2) is 0 Å². The smallest absolute Gasteiger partial charge is 0.240 e. The molecular formula is C16H20N2O4. The van der Waals surface area contributed by atoms with Gasteiger partial charge in [-0.2, -0.15) is 0 Å². The Morgan fingerprint density at radius 3 is 2.41 bits per heavy atom. The highest BCUT2D eigenvalue weighted by molar-refractivity contribution is 6.13. The number of hydrogen-bond acceptors (Lipinski definition) is 4. The molecule has 118 valence electrons. The van der Waals surface area contributed by atoms with Gasteiger partial charge in [-0.05, 0) is 37.8 Å². The van der Waals surface area contributed by atoms with Gasteiger partial charge in [0.25, 0.3) is 0 Å². The van der Waals surface area contributed by atoms with Gasteiger partial charge in [-0.15, -0.1) is 0 Å². The molecule has 6 nitrogen and oxygen atoms in total. The maximum Gasteiger partial charge on any atom is 0.240 e. The molecular weight excluding hydrogens is 284 g/mol. The minimum absolute atomic E-state index is 0.153. The lowest BCUT2D eigenvalue weighted by atomic mass is 10.0. The second-order valence-electron chi connectivity index (χ2n) is 5.85. The molecule has 6 heteroatoms. The second-order valence-corrected chi connectivity index (χ2v) is 5.85. The van der Waals surface area contributed by atoms with E-state index in [4.69, 9.17) is 9.47 Å². The summed E-state index contributed by atoms with van der Waals surface area (Å²) in [6, 6.07) is 5.40. The largest absolute Gasteiger partial charge is 0.497 e. The number of amides is 2. The fourth-order valence-electron chi connectivity index (χ4n) is 2.38. The molecule has 1 aromatic rings. The monoisotopic (exact) mass is 304 g/mol. The average Bonchev–Trinajstić information content (AvgIpc) is 3.41. The van der Waals surface area contributed by atoms with Crippen molar-refractivity contribution in [3.8, 4) is 11.5 Å². The van der Waals surface area contributed by atoms with Crippen molar-refractivity contribution < 1.29 is 19.1 Å². The number of rotatable bonds is 6. The summed E-state index contributed by atoms with van der Waals surface area (Å²) in [6.07, 6.45) is 3.21. The van der Waals surface area contributed by atoms with Gasteiger partial charge in [-0.25, -0.2) is 0 Å². The van der Waals surface area contributed by atoms with Crippen molar-refractivity contribution >= 4 is 17.5 Å². The van der Waals surface area contributed by atoms with Crippen molar-refractivity contribution in [1.82, 2.24) is 5.32 Å². The maximum atomic E-state index is 12.5. The second kappa shape index (κ2) is 5.51. The summed E-state index contributed by atoms with van der Waals surface area (Å²) in [5.74, 6) is 0.725. The predicted molar refractivity (Wildman–Crippen MR) is 81.0 cm³/mol. The normalized spacial score (nSPS) is 18.3. The summed E-state index contributed by atoms with van der Waals surface area (Å²) in [7, 11) is 3.09. The highest BCUT2D eigenvalue weighted by atomic mass is 16.5. The Balaban J connectivity index is 1.72. The van der Waals surface area contributed by atoms with E-state index in [2.05, 4.69) is 10.6 Å². The third-order valence-corrected chi connectivity index (χ3v) is 4.19. The number of benzene rings is 1. The van der Waals surface area contributed by atoms with Gasteiger partial charge >= 0.3 is 0 Å². The number of ether oxygens (including phenoxy) is 2. The van der Waals surface area contributed by atoms with Gasteiger partial charge in [0, 0.05) is 12.1 Å². The Labute approximate surface area is 129 Å². The van der Waals surface area contributed by atoms with Crippen LogP contribution in [0.5, 0.6) is 11.5 Å². The SMILES string of the molecule is COc1ccc(NC(=O)C2(C(=O)NC3CC3)CC2)c(OC)c1. The number of anilines is 1. The van der Waals surface area contributed by atoms with Gasteiger partial charge in [-0.3, -0.25) is 9.59 Å². The number of carbonyl (C=O) groups is 2. The van der Waals surface area contributed by atoms with Crippen LogP contribution in [0.2, 0.25) is 0 Å². The van der Waals surface area contributed by atoms with Crippen LogP contribution >= 0.6 is 0 Å². The van der Waals surface area contributed by atoms with Crippen LogP contribution in [-0.4, -0.2) is 32.1 Å². The first-order chi connectivity index (χ1) is 10.6. The molecule has 1 aromatic carbocycles. The summed E-state index contributed by atoms with van der Waals surface area (Å²) < 4.78 is 10.4. The summed E-state index contributed by atoms with van der Waals surface area (Å²) in [5.41, 5.74) is -0.369. The molecule has 22 heavy (non-hydrogen) atoms. The minimum atomic E-state index is -0.909. The Hall–Kier alpha value is -2.24. The van der Waals surface area contributed by atoms with Crippen LogP contribution < -0.4 is 20.1 Å². The molecule has 0 atom stereocenters. The number of methoxy groups -OCH3 is 2. The molecule has 2 amide bonds. The first-order valence-corrected chi connectivity index (χ1v) is 7.43. The molecule has 0 bridgehead atoms. The standard InChI is InChI=1S/C16H20N2O4/c1-21-11-5-6-12(13(9-11)22-2)18-15(20)16(7-8-16)14(19)17-10-3-4-10/h5-6,9-10H,3-4,7-8H2,1-2H3,(H,17,19)(H,18,20). The van der Waals surface area contributed by atoms with Gasteiger partial charge in [0.2, 0.25) is 11.8 Å². The zero-order valence-electron chi connectivity index (χ0n) is 12.8. The van der Waals surface area contributed by atoms with Crippen LogP contribution in [0.15, 0.2) is 18.2 Å². The summed E-state index contributed by atoms with van der Waals surface area (Å²) >= 11 is 0. The number of hydrogen-bond donors (Lipinski definition) is 2. The molecule has 2 aliphatic rings. The molecule has 0 aliphatic heterocycles. The van der Waals surface area contributed by atoms with Crippen molar-refractivity contribution in [2.75, 3.05) is 19.5 Å². The van der Waals surface area contributed by atoms with Crippen LogP contribution in [0.4, 0.5) is 5.69 Å². The molecule has 2 N–H and O–H groups in total. The Kier molecular flexibility index (Phi) is 3.68. The first kappa shape index (κ1) is 14.7. The van der Waals surface area contributed by atoms with E-state index in [1.54, 1.807) is 25.3 Å². The van der Waals surface area contributed by atoms with Crippen molar-refractivity contribution in [3.05, 3.63) is 18.2 Å². The van der Waals surface area contributed by atoms with E-state index in [-0.39, 0.29) is 17.9 Å². The van der Waals surface area contributed by atoms with E-state index in [1.165, 1.54) is 7.11 Å². The van der Waals surface area contributed by atoms with Crippen LogP contribution in [0.25, 0.3) is 0 Å². The molecule has 0 unspecified atom stereocenters. The quantitative estimate of drug-likeness (QED) is 0.784. The Morgan fingerprint density at radius 2 is 1.86 bits per heavy atom. The van der Waals surface area contributed by atoms with Crippen molar-refractivity contribution in [2.24, 2.45) is 5.41 Å². The van der Waals surface area contributed by atoms with E-state index in [0.29, 0.717) is 30.0 Å². The number of carbonyl (C=O) groups excluding carboxylic acids is 2. The van der Waals surface area contributed by atoms with E-state index in [0.717, 1.165) is 12.8 Å². The van der Waals surface area contributed by atoms with Crippen LogP contribution in [-0.2, 0) is 9.59 Å². The molecule has 0 heterocycles. The molecule has 2 aliphatic carbocycles. The van der Waals surface area contributed by atoms with Crippen LogP contribution in [0.1, 0.15) is 25.7 Å². The lowest BCUT2D eigenvalue weighted by molar-refractivity contribution is -0.134. The molecule has 0 aromatic heterocycles. The molecule has 0 saturated heterocycles. The van der Waals surface area contributed by atoms with Gasteiger partial charge < -0.3 is 20.1 Å². The third-order valence-electron chi connectivity index (χ3n) is 4.19. The highest BCUT2D eigenvalue weighted by Gasteiger charge is 2.57. The Bertz CT molecular complexity index is 606. The van der Waals surface area contributed by atoms with Crippen LogP contribution in [0.3, 0.4) is 0 Å². The molecule has 0 spiro atoms. The fraction of sp³-hybridized carbons (Fsp3) is 0.500. The van der Waals surface area contributed by atoms with Crippen molar-refractivity contribution in [1.29, 1.82) is 0 Å². The molecule has 2 saturated carbocycles. The maximum absolute atomic E-state index is 12.5. The van der Waals surface area contributed by atoms with E-state index >= 15 is 0 Å². The topological polar surface area (TPSA) is 76.7 Å². The molecule has 2 fully saturated rings. The zero-order chi connectivity index (χ0) is 15.7. The third kappa shape index (κ3) is 2.73. The van der Waals surface area contributed by atoms with Gasteiger partial charge in [0.1, 0.15) is 16.9 Å². The van der Waals surface area contributed by atoms with E-state index in [1.807, 2.05) is 0 Å². The van der Waals surface area contributed by atoms with E-state index < -0.39 is 5.41 Å². The van der Waals surface area contributed by atoms with Gasteiger partial charge in [-0.1, -0.05) is 0 Å². The molecule has 3 rings (SSSR count). The minimum Gasteiger partial charge on any atom is -0.497 e. The van der Waals surface area contributed by atoms with Gasteiger partial charge in [0.05, 0.1) is 19.9 Å². The summed E-state index contributed by atoms with van der Waals surface area (Å²) in [4.78, 5) is 24.7. The fourth-order valence-corrected chi connectivity index (χ4v) is 2.38. The predicted octanol–water partition coefficient (Wildman–Crippen LogP) is 1.70. The first-order valence-electron chi connectivity index (χ1n) is 7.43. The highest BCUT2D eigenvalue weighted by Crippen LogP contribution is 2.48. The lowest BCUT2D eigenvalue weighted by Gasteiger charge is -2.17. The lowest BCUT2D eigenvalue weighted by Crippen LogP contribution is -2.40. The van der Waals surface area contributed by atoms with Crippen molar-refractivity contribution in [2.45, 2.75) is 31.7 Å². The zero-order valence-corrected chi connectivity index (χ0v) is 12.8.